The third-order valence-corrected chi connectivity index (χ3v) is 5.98. The first kappa shape index (κ1) is 40.9. The average molecular weight is 650 g/mol. The van der Waals surface area contributed by atoms with Crippen molar-refractivity contribution in [2.45, 2.75) is 70.5 Å². The van der Waals surface area contributed by atoms with Crippen molar-refractivity contribution >= 4 is 41.2 Å². The van der Waals surface area contributed by atoms with E-state index in [0.29, 0.717) is 18.5 Å². The molecule has 2 aromatic carbocycles. The lowest BCUT2D eigenvalue weighted by molar-refractivity contribution is -0.384. The highest BCUT2D eigenvalue weighted by Gasteiger charge is 2.21. The van der Waals surface area contributed by atoms with Crippen LogP contribution in [0.25, 0.3) is 0 Å². The van der Waals surface area contributed by atoms with Crippen LogP contribution in [0, 0.1) is 16.0 Å². The van der Waals surface area contributed by atoms with Gasteiger partial charge in [0.05, 0.1) is 11.3 Å². The van der Waals surface area contributed by atoms with E-state index < -0.39 is 46.8 Å². The lowest BCUT2D eigenvalue weighted by Gasteiger charge is -2.16. The second-order valence-corrected chi connectivity index (χ2v) is 10.5. The second-order valence-electron chi connectivity index (χ2n) is 10.5. The highest BCUT2D eigenvalue weighted by molar-refractivity contribution is 5.85. The Hall–Kier alpha value is -5.09. The molecular formula is C30H43N5O11. The van der Waals surface area contributed by atoms with E-state index in [1.54, 1.807) is 0 Å². The zero-order valence-corrected chi connectivity index (χ0v) is 25.7. The first-order valence-corrected chi connectivity index (χ1v) is 14.3. The van der Waals surface area contributed by atoms with Gasteiger partial charge in [0.2, 0.25) is 5.91 Å². The number of benzene rings is 2. The summed E-state index contributed by atoms with van der Waals surface area (Å²) in [5, 5.41) is 49.3. The molecule has 1 fully saturated rings. The number of nitrogen functional groups attached to an aromatic ring is 1. The molecule has 0 aromatic heterocycles. The Bertz CT molecular complexity index is 1250. The first-order chi connectivity index (χ1) is 21.5. The van der Waals surface area contributed by atoms with Crippen LogP contribution in [0.2, 0.25) is 0 Å². The number of hydrogen-bond acceptors (Lipinski definition) is 10. The molecule has 16 nitrogen and oxygen atoms in total. The van der Waals surface area contributed by atoms with E-state index in [0.717, 1.165) is 24.9 Å². The molecule has 3 atom stereocenters. The summed E-state index contributed by atoms with van der Waals surface area (Å²) in [6, 6.07) is 13.1. The number of carboxylic acids is 4. The third-order valence-electron chi connectivity index (χ3n) is 5.98. The molecule has 0 unspecified atom stereocenters. The van der Waals surface area contributed by atoms with Crippen molar-refractivity contribution in [3.63, 3.8) is 0 Å². The molecular weight excluding hydrogens is 606 g/mol. The first-order valence-electron chi connectivity index (χ1n) is 14.3. The molecule has 3 rings (SSSR count). The summed E-state index contributed by atoms with van der Waals surface area (Å²) in [5.74, 6) is -4.26. The number of nitrogens with zero attached hydrogens (tertiary/aromatic N) is 1. The van der Waals surface area contributed by atoms with E-state index in [-0.39, 0.29) is 30.5 Å². The number of carbonyl (C=O) groups excluding carboxylic acids is 1. The van der Waals surface area contributed by atoms with Gasteiger partial charge in [0.15, 0.2) is 0 Å². The van der Waals surface area contributed by atoms with Crippen molar-refractivity contribution in [1.29, 1.82) is 0 Å². The van der Waals surface area contributed by atoms with Crippen LogP contribution in [0.15, 0.2) is 54.6 Å². The zero-order chi connectivity index (χ0) is 35.2. The Morgan fingerprint density at radius 3 is 1.93 bits per heavy atom. The van der Waals surface area contributed by atoms with E-state index in [9.17, 15) is 34.1 Å². The number of nitrogens with two attached hydrogens (primary N) is 2. The molecule has 1 amide bonds. The van der Waals surface area contributed by atoms with Crippen molar-refractivity contribution in [3.8, 4) is 0 Å². The zero-order valence-electron chi connectivity index (χ0n) is 25.7. The molecule has 16 heteroatoms. The summed E-state index contributed by atoms with van der Waals surface area (Å²) in [6.07, 6.45) is 2.01. The monoisotopic (exact) mass is 649 g/mol. The van der Waals surface area contributed by atoms with Crippen molar-refractivity contribution in [1.82, 2.24) is 10.6 Å². The third kappa shape index (κ3) is 20.0. The van der Waals surface area contributed by atoms with Gasteiger partial charge >= 0.3 is 23.9 Å². The number of aliphatic carboxylic acids is 4. The molecule has 1 aliphatic heterocycles. The fourth-order valence-electron chi connectivity index (χ4n) is 3.63. The Kier molecular flexibility index (Phi) is 19.9. The van der Waals surface area contributed by atoms with Crippen molar-refractivity contribution < 1.29 is 49.3 Å². The van der Waals surface area contributed by atoms with Crippen molar-refractivity contribution in [2.75, 3.05) is 12.3 Å². The minimum Gasteiger partial charge on any atom is -0.481 e. The maximum absolute atomic E-state index is 11.2. The normalized spacial score (nSPS) is 14.4. The van der Waals surface area contributed by atoms with Crippen LogP contribution in [0.4, 0.5) is 11.4 Å². The number of rotatable bonds is 12. The molecule has 46 heavy (non-hydrogen) atoms. The summed E-state index contributed by atoms with van der Waals surface area (Å²) in [5.41, 5.74) is 12.2. The molecule has 2 aromatic rings. The maximum Gasteiger partial charge on any atom is 0.326 e. The van der Waals surface area contributed by atoms with Gasteiger partial charge in [0, 0.05) is 24.2 Å². The van der Waals surface area contributed by atoms with Gasteiger partial charge in [-0.3, -0.25) is 29.3 Å². The van der Waals surface area contributed by atoms with Gasteiger partial charge in [-0.15, -0.1) is 0 Å². The molecule has 10 N–H and O–H groups in total. The predicted octanol–water partition coefficient (Wildman–Crippen LogP) is 2.11. The smallest absolute Gasteiger partial charge is 0.326 e. The van der Waals surface area contributed by atoms with Crippen molar-refractivity contribution in [2.24, 2.45) is 11.7 Å². The van der Waals surface area contributed by atoms with Crippen LogP contribution in [0.3, 0.4) is 0 Å². The number of nitro benzene ring substituents is 1. The Labute approximate surface area is 265 Å². The minimum atomic E-state index is -1.10. The molecule has 1 aliphatic rings. The van der Waals surface area contributed by atoms with Crippen LogP contribution < -0.4 is 22.1 Å². The van der Waals surface area contributed by atoms with Crippen LogP contribution in [0.1, 0.15) is 51.5 Å². The number of anilines is 1. The van der Waals surface area contributed by atoms with Crippen LogP contribution in [-0.4, -0.2) is 79.8 Å². The summed E-state index contributed by atoms with van der Waals surface area (Å²) < 4.78 is 0. The van der Waals surface area contributed by atoms with Gasteiger partial charge in [-0.2, -0.15) is 0 Å². The van der Waals surface area contributed by atoms with E-state index in [1.165, 1.54) is 24.3 Å². The minimum absolute atomic E-state index is 0.0641. The second kappa shape index (κ2) is 22.4. The molecule has 0 radical (unpaired) electrons. The fraction of sp³-hybridized carbons (Fsp3) is 0.433. The molecule has 0 saturated carbocycles. The van der Waals surface area contributed by atoms with Gasteiger partial charge in [0.1, 0.15) is 18.1 Å². The summed E-state index contributed by atoms with van der Waals surface area (Å²) in [7, 11) is 0. The molecule has 0 aliphatic carbocycles. The fourth-order valence-corrected chi connectivity index (χ4v) is 3.63. The lowest BCUT2D eigenvalue weighted by Crippen LogP contribution is -2.41. The van der Waals surface area contributed by atoms with Gasteiger partial charge < -0.3 is 42.5 Å². The Morgan fingerprint density at radius 1 is 0.957 bits per heavy atom. The van der Waals surface area contributed by atoms with Crippen LogP contribution in [0.5, 0.6) is 0 Å². The SMILES string of the molecule is CC(C)C[C@H](NC(=O)CCC(=O)O)C(=O)O.N[C@@H](Cc1ccccc1)C(=O)O.Nc1ccc([N+](=O)[O-])cc1.O=C(O)[C@@H]1CCCN1. The number of amides is 1. The van der Waals surface area contributed by atoms with Crippen LogP contribution in [-0.2, 0) is 30.4 Å². The number of carbonyl (C=O) groups is 5. The number of nitrogens with one attached hydrogen (secondary N) is 2. The topological polar surface area (TPSA) is 286 Å². The number of carboxylic acid groups (broad SMARTS) is 4. The van der Waals surface area contributed by atoms with E-state index >= 15 is 0 Å². The Balaban J connectivity index is 0.000000604. The lowest BCUT2D eigenvalue weighted by atomic mass is 10.0. The standard InChI is InChI=1S/C10H17NO5.C9H11NO2.C6H6N2O2.C5H9NO2/c1-6(2)5-7(10(15)16)11-8(12)3-4-9(13)14;10-8(9(11)12)6-7-4-2-1-3-5-7;7-5-1-3-6(4-2-5)8(9)10;7-5(8)4-2-1-3-6-4/h6-7H,3-5H2,1-2H3,(H,11,12)(H,13,14)(H,15,16);1-5,8H,6,10H2,(H,11,12);1-4H,7H2;4,6H,1-3H2,(H,7,8)/t7-;8-;;4-/m00.0/s1. The molecule has 0 spiro atoms. The van der Waals surface area contributed by atoms with Gasteiger partial charge in [-0.25, -0.2) is 4.79 Å². The predicted molar refractivity (Wildman–Crippen MR) is 168 cm³/mol. The Morgan fingerprint density at radius 2 is 1.54 bits per heavy atom. The van der Waals surface area contributed by atoms with E-state index in [1.807, 2.05) is 44.2 Å². The summed E-state index contributed by atoms with van der Waals surface area (Å²) in [4.78, 5) is 62.3. The van der Waals surface area contributed by atoms with Gasteiger partial charge in [0.25, 0.3) is 5.69 Å². The van der Waals surface area contributed by atoms with Crippen molar-refractivity contribution in [3.05, 3.63) is 70.3 Å². The molecule has 0 bridgehead atoms. The summed E-state index contributed by atoms with van der Waals surface area (Å²) >= 11 is 0. The maximum atomic E-state index is 11.2. The molecule has 1 saturated heterocycles. The largest absolute Gasteiger partial charge is 0.481 e. The summed E-state index contributed by atoms with van der Waals surface area (Å²) in [6.45, 7) is 4.55. The van der Waals surface area contributed by atoms with E-state index in [4.69, 9.17) is 31.9 Å². The number of non-ortho nitro benzene ring substituents is 1. The molecule has 254 valence electrons. The highest BCUT2D eigenvalue weighted by Crippen LogP contribution is 2.12. The quantitative estimate of drug-likeness (QED) is 0.0928. The van der Waals surface area contributed by atoms with Gasteiger partial charge in [-0.05, 0) is 55.8 Å². The number of nitro groups is 1. The molecule has 1 heterocycles. The van der Waals surface area contributed by atoms with Crippen LogP contribution >= 0.6 is 0 Å². The number of hydrogen-bond donors (Lipinski definition) is 8. The highest BCUT2D eigenvalue weighted by atomic mass is 16.6. The average Bonchev–Trinajstić information content (AvgIpc) is 3.53. The van der Waals surface area contributed by atoms with E-state index in [2.05, 4.69) is 10.6 Å². The van der Waals surface area contributed by atoms with Gasteiger partial charge in [-0.1, -0.05) is 44.2 Å².